The molecule has 1 aromatic rings. The molecule has 1 nitrogen and oxygen atoms in total. The molecule has 1 aromatic carbocycles. The number of rotatable bonds is 5. The van der Waals surface area contributed by atoms with Crippen LogP contribution >= 0.6 is 27.7 Å². The Morgan fingerprint density at radius 3 is 2.85 bits per heavy atom. The van der Waals surface area contributed by atoms with Crippen LogP contribution < -0.4 is 4.74 Å². The summed E-state index contributed by atoms with van der Waals surface area (Å²) in [6.07, 6.45) is 1.18. The van der Waals surface area contributed by atoms with E-state index in [0.717, 1.165) is 16.8 Å². The molecule has 0 amide bonds. The summed E-state index contributed by atoms with van der Waals surface area (Å²) >= 11 is 5.26. The van der Waals surface area contributed by atoms with Crippen molar-refractivity contribution in [3.05, 3.63) is 24.3 Å². The van der Waals surface area contributed by atoms with Gasteiger partial charge in [-0.2, -0.15) is 0 Å². The van der Waals surface area contributed by atoms with E-state index in [9.17, 15) is 0 Å². The van der Waals surface area contributed by atoms with Crippen molar-refractivity contribution in [1.82, 2.24) is 0 Å². The van der Waals surface area contributed by atoms with E-state index in [1.807, 2.05) is 30.0 Å². The summed E-state index contributed by atoms with van der Waals surface area (Å²) in [5.74, 6) is 2.10. The van der Waals surface area contributed by atoms with Gasteiger partial charge in [0.1, 0.15) is 5.75 Å². The van der Waals surface area contributed by atoms with Gasteiger partial charge in [0.2, 0.25) is 0 Å². The lowest BCUT2D eigenvalue weighted by atomic mass is 10.3. The Balaban J connectivity index is 2.54. The Hall–Kier alpha value is -0.150. The number of halogens is 1. The highest BCUT2D eigenvalue weighted by Gasteiger charge is 2.00. The van der Waals surface area contributed by atoms with E-state index < -0.39 is 0 Å². The van der Waals surface area contributed by atoms with Gasteiger partial charge in [-0.3, -0.25) is 0 Å². The minimum absolute atomic E-state index is 0.974. The van der Waals surface area contributed by atoms with E-state index in [1.54, 1.807) is 7.11 Å². The third kappa shape index (κ3) is 3.61. The number of hydrogen-bond acceptors (Lipinski definition) is 2. The van der Waals surface area contributed by atoms with Crippen LogP contribution in [0.1, 0.15) is 6.42 Å². The first kappa shape index (κ1) is 10.9. The number of para-hydroxylation sites is 1. The van der Waals surface area contributed by atoms with Crippen LogP contribution in [0.2, 0.25) is 0 Å². The third-order valence-electron chi connectivity index (χ3n) is 1.60. The monoisotopic (exact) mass is 260 g/mol. The first-order valence-corrected chi connectivity index (χ1v) is 6.31. The third-order valence-corrected chi connectivity index (χ3v) is 3.31. The number of hydrogen-bond donors (Lipinski definition) is 0. The maximum atomic E-state index is 5.24. The second-order valence-corrected chi connectivity index (χ2v) is 4.47. The molecule has 0 unspecified atom stereocenters. The maximum absolute atomic E-state index is 5.24. The molecule has 13 heavy (non-hydrogen) atoms. The van der Waals surface area contributed by atoms with Crippen LogP contribution in [-0.4, -0.2) is 18.2 Å². The van der Waals surface area contributed by atoms with Gasteiger partial charge in [-0.15, -0.1) is 11.8 Å². The number of ether oxygens (including phenoxy) is 1. The minimum atomic E-state index is 0.974. The van der Waals surface area contributed by atoms with Crippen LogP contribution in [-0.2, 0) is 0 Å². The molecule has 3 heteroatoms. The van der Waals surface area contributed by atoms with Crippen molar-refractivity contribution in [3.8, 4) is 5.75 Å². The van der Waals surface area contributed by atoms with Crippen molar-refractivity contribution < 1.29 is 4.74 Å². The van der Waals surface area contributed by atoms with E-state index in [2.05, 4.69) is 22.0 Å². The highest BCUT2D eigenvalue weighted by atomic mass is 79.9. The summed E-state index contributed by atoms with van der Waals surface area (Å²) in [6, 6.07) is 8.13. The number of benzene rings is 1. The molecule has 0 bridgehead atoms. The summed E-state index contributed by atoms with van der Waals surface area (Å²) in [5.41, 5.74) is 0. The fourth-order valence-electron chi connectivity index (χ4n) is 0.975. The van der Waals surface area contributed by atoms with Crippen molar-refractivity contribution >= 4 is 27.7 Å². The highest BCUT2D eigenvalue weighted by molar-refractivity contribution is 9.09. The molecule has 0 N–H and O–H groups in total. The lowest BCUT2D eigenvalue weighted by Gasteiger charge is -2.06. The molecular weight excluding hydrogens is 248 g/mol. The normalized spacial score (nSPS) is 10.0. The van der Waals surface area contributed by atoms with Gasteiger partial charge in [0.05, 0.1) is 7.11 Å². The summed E-state index contributed by atoms with van der Waals surface area (Å²) in [4.78, 5) is 1.23. The largest absolute Gasteiger partial charge is 0.496 e. The smallest absolute Gasteiger partial charge is 0.132 e. The predicted octanol–water partition coefficient (Wildman–Crippen LogP) is 3.57. The molecule has 0 atom stereocenters. The van der Waals surface area contributed by atoms with Crippen molar-refractivity contribution in [3.63, 3.8) is 0 Å². The van der Waals surface area contributed by atoms with Crippen LogP contribution in [0.5, 0.6) is 5.75 Å². The molecule has 0 fully saturated rings. The standard InChI is InChI=1S/C10H13BrOS/c1-12-9-5-2-3-6-10(9)13-8-4-7-11/h2-3,5-6H,4,7-8H2,1H3. The SMILES string of the molecule is COc1ccccc1SCCCBr. The summed E-state index contributed by atoms with van der Waals surface area (Å²) in [5, 5.41) is 1.06. The fourth-order valence-corrected chi connectivity index (χ4v) is 2.60. The van der Waals surface area contributed by atoms with Gasteiger partial charge in [-0.25, -0.2) is 0 Å². The Bertz CT molecular complexity index is 252. The van der Waals surface area contributed by atoms with Crippen molar-refractivity contribution in [2.24, 2.45) is 0 Å². The first-order valence-electron chi connectivity index (χ1n) is 4.20. The van der Waals surface area contributed by atoms with Gasteiger partial charge in [-0.05, 0) is 24.3 Å². The molecule has 0 aliphatic heterocycles. The average molecular weight is 261 g/mol. The van der Waals surface area contributed by atoms with E-state index in [-0.39, 0.29) is 0 Å². The van der Waals surface area contributed by atoms with Crippen LogP contribution in [0.15, 0.2) is 29.2 Å². The van der Waals surface area contributed by atoms with E-state index in [1.165, 1.54) is 11.3 Å². The van der Waals surface area contributed by atoms with E-state index in [4.69, 9.17) is 4.74 Å². The van der Waals surface area contributed by atoms with Crippen LogP contribution in [0.25, 0.3) is 0 Å². The second-order valence-electron chi connectivity index (χ2n) is 2.54. The molecule has 0 saturated heterocycles. The van der Waals surface area contributed by atoms with Crippen LogP contribution in [0, 0.1) is 0 Å². The Morgan fingerprint density at radius 1 is 1.38 bits per heavy atom. The number of methoxy groups -OCH3 is 1. The van der Waals surface area contributed by atoms with Gasteiger partial charge in [0, 0.05) is 10.2 Å². The molecule has 72 valence electrons. The quantitative estimate of drug-likeness (QED) is 0.455. The minimum Gasteiger partial charge on any atom is -0.496 e. The molecule has 0 heterocycles. The molecule has 0 aromatic heterocycles. The van der Waals surface area contributed by atoms with Gasteiger partial charge in [0.25, 0.3) is 0 Å². The lowest BCUT2D eigenvalue weighted by Crippen LogP contribution is -1.87. The molecule has 0 aliphatic carbocycles. The number of thioether (sulfide) groups is 1. The molecule has 0 saturated carbocycles. The Kier molecular flexibility index (Phi) is 5.32. The molecule has 1 rings (SSSR count). The van der Waals surface area contributed by atoms with Gasteiger partial charge >= 0.3 is 0 Å². The Morgan fingerprint density at radius 2 is 2.15 bits per heavy atom. The average Bonchev–Trinajstić information content (AvgIpc) is 2.19. The first-order chi connectivity index (χ1) is 6.38. The van der Waals surface area contributed by atoms with Gasteiger partial charge in [0.15, 0.2) is 0 Å². The second kappa shape index (κ2) is 6.33. The lowest BCUT2D eigenvalue weighted by molar-refractivity contribution is 0.405. The van der Waals surface area contributed by atoms with Crippen molar-refractivity contribution in [2.75, 3.05) is 18.2 Å². The summed E-state index contributed by atoms with van der Waals surface area (Å²) in [7, 11) is 1.71. The zero-order valence-electron chi connectivity index (χ0n) is 7.63. The zero-order chi connectivity index (χ0) is 9.52. The van der Waals surface area contributed by atoms with Crippen LogP contribution in [0.3, 0.4) is 0 Å². The summed E-state index contributed by atoms with van der Waals surface area (Å²) < 4.78 is 5.24. The van der Waals surface area contributed by atoms with Crippen LogP contribution in [0.4, 0.5) is 0 Å². The zero-order valence-corrected chi connectivity index (χ0v) is 10.0. The highest BCUT2D eigenvalue weighted by Crippen LogP contribution is 2.28. The van der Waals surface area contributed by atoms with Crippen molar-refractivity contribution in [1.29, 1.82) is 0 Å². The predicted molar refractivity (Wildman–Crippen MR) is 62.1 cm³/mol. The molecule has 0 aliphatic rings. The van der Waals surface area contributed by atoms with E-state index in [0.29, 0.717) is 0 Å². The van der Waals surface area contributed by atoms with E-state index >= 15 is 0 Å². The van der Waals surface area contributed by atoms with Gasteiger partial charge in [-0.1, -0.05) is 28.1 Å². The van der Waals surface area contributed by atoms with Crippen molar-refractivity contribution in [2.45, 2.75) is 11.3 Å². The molecule has 0 spiro atoms. The summed E-state index contributed by atoms with van der Waals surface area (Å²) in [6.45, 7) is 0. The number of alkyl halides is 1. The molecular formula is C10H13BrOS. The molecule has 0 radical (unpaired) electrons. The topological polar surface area (TPSA) is 9.23 Å². The Labute approximate surface area is 92.0 Å². The maximum Gasteiger partial charge on any atom is 0.132 e. The van der Waals surface area contributed by atoms with Gasteiger partial charge < -0.3 is 4.74 Å². The fraction of sp³-hybridized carbons (Fsp3) is 0.400.